The highest BCUT2D eigenvalue weighted by molar-refractivity contribution is 6.01. The van der Waals surface area contributed by atoms with Crippen molar-refractivity contribution < 1.29 is 4.79 Å². The first kappa shape index (κ1) is 14.4. The highest BCUT2D eigenvalue weighted by atomic mass is 16.1. The Morgan fingerprint density at radius 2 is 2.05 bits per heavy atom. The summed E-state index contributed by atoms with van der Waals surface area (Å²) >= 11 is 0. The fourth-order valence-electron chi connectivity index (χ4n) is 1.79. The molecule has 0 saturated heterocycles. The monoisotopic (exact) mass is 288 g/mol. The van der Waals surface area contributed by atoms with Crippen LogP contribution in [0.2, 0.25) is 0 Å². The number of hydrogen-bond donors (Lipinski definition) is 2. The number of fused-ring (bicyclic) bond motifs is 1. The molecule has 0 radical (unpaired) electrons. The summed E-state index contributed by atoms with van der Waals surface area (Å²) in [6, 6.07) is 1.73. The number of tetrazole rings is 1. The van der Waals surface area contributed by atoms with E-state index < -0.39 is 5.91 Å². The Morgan fingerprint density at radius 3 is 2.62 bits per heavy atom. The Bertz CT molecular complexity index is 788. The van der Waals surface area contributed by atoms with Gasteiger partial charge in [-0.05, 0) is 11.3 Å². The van der Waals surface area contributed by atoms with Crippen LogP contribution in [0.25, 0.3) is 16.9 Å². The first-order valence-electron chi connectivity index (χ1n) is 6.37. The van der Waals surface area contributed by atoms with Crippen LogP contribution in [-0.2, 0) is 7.05 Å². The predicted molar refractivity (Wildman–Crippen MR) is 77.3 cm³/mol. The van der Waals surface area contributed by atoms with Gasteiger partial charge in [0.15, 0.2) is 0 Å². The number of amides is 1. The number of nitrogens with two attached hydrogens (primary N) is 2. The van der Waals surface area contributed by atoms with Crippen molar-refractivity contribution in [3.05, 3.63) is 24.0 Å². The Hall–Kier alpha value is -2.97. The van der Waals surface area contributed by atoms with Crippen LogP contribution in [-0.4, -0.2) is 35.7 Å². The quantitative estimate of drug-likeness (QED) is 0.694. The summed E-state index contributed by atoms with van der Waals surface area (Å²) in [4.78, 5) is 12.6. The number of aryl methyl sites for hydroxylation is 1. The molecule has 3 aromatic rings. The fraction of sp³-hybridized carbons (Fsp3) is 0.250. The molecule has 0 fully saturated rings. The van der Waals surface area contributed by atoms with E-state index in [1.54, 1.807) is 19.3 Å². The van der Waals surface area contributed by atoms with Crippen LogP contribution in [0.4, 0.5) is 5.69 Å². The highest BCUT2D eigenvalue weighted by Crippen LogP contribution is 2.23. The summed E-state index contributed by atoms with van der Waals surface area (Å²) in [5, 5.41) is 15.8. The first-order valence-corrected chi connectivity index (χ1v) is 6.37. The minimum Gasteiger partial charge on any atom is -0.396 e. The topological polar surface area (TPSA) is 130 Å². The zero-order chi connectivity index (χ0) is 15.6. The number of primary amides is 1. The maximum absolute atomic E-state index is 11.2. The van der Waals surface area contributed by atoms with E-state index in [1.807, 2.05) is 13.8 Å². The molecule has 3 aromatic heterocycles. The number of carbonyl (C=O) groups is 1. The van der Waals surface area contributed by atoms with Crippen molar-refractivity contribution in [2.75, 3.05) is 5.73 Å². The lowest BCUT2D eigenvalue weighted by molar-refractivity contribution is 0.100. The van der Waals surface area contributed by atoms with Crippen LogP contribution < -0.4 is 11.5 Å². The van der Waals surface area contributed by atoms with E-state index in [9.17, 15) is 4.79 Å². The van der Waals surface area contributed by atoms with Crippen LogP contribution >= 0.6 is 0 Å². The van der Waals surface area contributed by atoms with Gasteiger partial charge in [0.2, 0.25) is 5.82 Å². The lowest BCUT2D eigenvalue weighted by Crippen LogP contribution is -2.15. The van der Waals surface area contributed by atoms with Crippen LogP contribution in [0.15, 0.2) is 18.5 Å². The van der Waals surface area contributed by atoms with Gasteiger partial charge in [-0.25, -0.2) is 4.52 Å². The Labute approximate surface area is 120 Å². The molecule has 0 atom stereocenters. The van der Waals surface area contributed by atoms with Gasteiger partial charge in [0, 0.05) is 11.8 Å². The molecule has 0 aromatic carbocycles. The van der Waals surface area contributed by atoms with Crippen LogP contribution in [0.1, 0.15) is 24.2 Å². The van der Waals surface area contributed by atoms with Crippen molar-refractivity contribution in [1.29, 1.82) is 0 Å². The Kier molecular flexibility index (Phi) is 3.83. The van der Waals surface area contributed by atoms with Gasteiger partial charge in [0.05, 0.1) is 30.0 Å². The third-order valence-corrected chi connectivity index (χ3v) is 2.71. The third-order valence-electron chi connectivity index (χ3n) is 2.71. The maximum atomic E-state index is 11.2. The molecule has 3 heterocycles. The summed E-state index contributed by atoms with van der Waals surface area (Å²) in [5.41, 5.74) is 12.8. The molecule has 9 heteroatoms. The van der Waals surface area contributed by atoms with Crippen LogP contribution in [0, 0.1) is 0 Å². The fourth-order valence-corrected chi connectivity index (χ4v) is 1.79. The van der Waals surface area contributed by atoms with Gasteiger partial charge >= 0.3 is 0 Å². The Morgan fingerprint density at radius 1 is 1.33 bits per heavy atom. The van der Waals surface area contributed by atoms with Crippen molar-refractivity contribution in [1.82, 2.24) is 29.8 Å². The molecule has 0 saturated carbocycles. The highest BCUT2D eigenvalue weighted by Gasteiger charge is 2.14. The van der Waals surface area contributed by atoms with E-state index in [2.05, 4.69) is 20.5 Å². The smallest absolute Gasteiger partial charge is 0.252 e. The van der Waals surface area contributed by atoms with Crippen LogP contribution in [0.3, 0.4) is 0 Å². The molecule has 9 nitrogen and oxygen atoms in total. The molecule has 0 unspecified atom stereocenters. The number of anilines is 1. The van der Waals surface area contributed by atoms with Gasteiger partial charge in [0.25, 0.3) is 5.91 Å². The van der Waals surface area contributed by atoms with Gasteiger partial charge in [-0.15, -0.1) is 10.2 Å². The number of rotatable bonds is 2. The van der Waals surface area contributed by atoms with Gasteiger partial charge in [0.1, 0.15) is 0 Å². The first-order chi connectivity index (χ1) is 10.1. The van der Waals surface area contributed by atoms with E-state index in [4.69, 9.17) is 11.5 Å². The minimum absolute atomic E-state index is 0.184. The molecule has 110 valence electrons. The number of nitrogens with zero attached hydrogens (tertiary/aromatic N) is 6. The van der Waals surface area contributed by atoms with Crippen molar-refractivity contribution in [3.8, 4) is 11.4 Å². The summed E-state index contributed by atoms with van der Waals surface area (Å²) < 4.78 is 1.54. The molecule has 21 heavy (non-hydrogen) atoms. The average Bonchev–Trinajstić information content (AvgIpc) is 3.07. The van der Waals surface area contributed by atoms with Crippen molar-refractivity contribution in [2.45, 2.75) is 13.8 Å². The van der Waals surface area contributed by atoms with Crippen molar-refractivity contribution >= 4 is 17.1 Å². The summed E-state index contributed by atoms with van der Waals surface area (Å²) in [6.07, 6.45) is 3.03. The molecule has 0 aliphatic rings. The lowest BCUT2D eigenvalue weighted by Gasteiger charge is -2.02. The van der Waals surface area contributed by atoms with E-state index in [1.165, 1.54) is 15.5 Å². The van der Waals surface area contributed by atoms with Gasteiger partial charge in [-0.2, -0.15) is 9.90 Å². The molecular formula is C12H16N8O. The standard InChI is InChI=1S/C10H10N8O.C2H6/c1-17-15-10(14-16-17)5-2-7-8(11)6(9(12)19)3-13-18(7)4-5;1-2/h2-4H,11H2,1H3,(H2,12,19);1-2H3. The molecule has 0 bridgehead atoms. The number of aromatic nitrogens is 6. The SMILES string of the molecule is CC.Cn1nnc(-c2cc3c(N)c(C(N)=O)cnn3c2)n1. The number of hydrogen-bond acceptors (Lipinski definition) is 6. The van der Waals surface area contributed by atoms with E-state index in [0.29, 0.717) is 16.9 Å². The molecule has 3 rings (SSSR count). The van der Waals surface area contributed by atoms with Gasteiger partial charge < -0.3 is 11.5 Å². The van der Waals surface area contributed by atoms with Crippen molar-refractivity contribution in [3.63, 3.8) is 0 Å². The molecule has 4 N–H and O–H groups in total. The summed E-state index contributed by atoms with van der Waals surface area (Å²) in [7, 11) is 1.67. The molecule has 0 aliphatic heterocycles. The second-order valence-electron chi connectivity index (χ2n) is 4.00. The van der Waals surface area contributed by atoms with Crippen molar-refractivity contribution in [2.24, 2.45) is 12.8 Å². The summed E-state index contributed by atoms with van der Waals surface area (Å²) in [5.74, 6) is -0.166. The van der Waals surface area contributed by atoms with Gasteiger partial charge in [-0.1, -0.05) is 13.8 Å². The molecular weight excluding hydrogens is 272 g/mol. The number of nitrogen functional groups attached to an aromatic ring is 1. The normalized spacial score (nSPS) is 10.2. The second kappa shape index (κ2) is 5.57. The van der Waals surface area contributed by atoms with Gasteiger partial charge in [-0.3, -0.25) is 4.79 Å². The molecule has 0 aliphatic carbocycles. The second-order valence-corrected chi connectivity index (χ2v) is 4.00. The predicted octanol–water partition coefficient (Wildman–Crippen LogP) is 0.232. The molecule has 0 spiro atoms. The third kappa shape index (κ3) is 2.53. The summed E-state index contributed by atoms with van der Waals surface area (Å²) in [6.45, 7) is 4.00. The molecule has 1 amide bonds. The Balaban J connectivity index is 0.000000774. The zero-order valence-corrected chi connectivity index (χ0v) is 12.0. The number of carbonyl (C=O) groups excluding carboxylic acids is 1. The zero-order valence-electron chi connectivity index (χ0n) is 12.0. The average molecular weight is 288 g/mol. The van der Waals surface area contributed by atoms with E-state index >= 15 is 0 Å². The maximum Gasteiger partial charge on any atom is 0.252 e. The minimum atomic E-state index is -0.618. The van der Waals surface area contributed by atoms with E-state index in [0.717, 1.165) is 0 Å². The van der Waals surface area contributed by atoms with E-state index in [-0.39, 0.29) is 11.3 Å². The lowest BCUT2D eigenvalue weighted by atomic mass is 10.2. The van der Waals surface area contributed by atoms with Crippen LogP contribution in [0.5, 0.6) is 0 Å². The largest absolute Gasteiger partial charge is 0.396 e.